The molecule has 1 nitrogen and oxygen atoms in total. The van der Waals surface area contributed by atoms with Crippen LogP contribution in [0.5, 0.6) is 0 Å². The van der Waals surface area contributed by atoms with Crippen molar-refractivity contribution in [3.05, 3.63) is 34.1 Å². The molecule has 78 valence electrons. The van der Waals surface area contributed by atoms with E-state index in [2.05, 4.69) is 15.9 Å². The third kappa shape index (κ3) is 2.48. The van der Waals surface area contributed by atoms with E-state index in [0.717, 1.165) is 6.07 Å². The summed E-state index contributed by atoms with van der Waals surface area (Å²) in [4.78, 5) is 0. The summed E-state index contributed by atoms with van der Waals surface area (Å²) < 4.78 is 39.3. The molecule has 1 unspecified atom stereocenters. The molecule has 2 N–H and O–H groups in total. The van der Waals surface area contributed by atoms with Crippen molar-refractivity contribution < 1.29 is 13.2 Å². The molecule has 1 aromatic rings. The first-order valence-electron chi connectivity index (χ1n) is 3.90. The number of benzene rings is 1. The average molecular weight is 268 g/mol. The zero-order valence-corrected chi connectivity index (χ0v) is 8.98. The van der Waals surface area contributed by atoms with Gasteiger partial charge in [-0.25, -0.2) is 13.2 Å². The molecule has 14 heavy (non-hydrogen) atoms. The van der Waals surface area contributed by atoms with E-state index in [1.54, 1.807) is 0 Å². The normalized spacial score (nSPS) is 14.1. The largest absolute Gasteiger partial charge is 0.319 e. The maximum Gasteiger partial charge on any atom is 0.264 e. The fourth-order valence-corrected chi connectivity index (χ4v) is 1.40. The summed E-state index contributed by atoms with van der Waals surface area (Å²) >= 11 is 3.06. The van der Waals surface area contributed by atoms with Gasteiger partial charge in [-0.3, -0.25) is 0 Å². The van der Waals surface area contributed by atoms with E-state index in [0.29, 0.717) is 11.4 Å². The van der Waals surface area contributed by atoms with Crippen LogP contribution in [0.3, 0.4) is 0 Å². The number of rotatable bonds is 2. The van der Waals surface area contributed by atoms with Gasteiger partial charge in [-0.05, 0) is 18.2 Å². The Labute approximate surface area is 88.2 Å². The molecule has 1 aromatic carbocycles. The Morgan fingerprint density at radius 1 is 1.43 bits per heavy atom. The predicted octanol–water partition coefficient (Wildman–Crippen LogP) is 3.24. The molecule has 0 aliphatic rings. The third-order valence-electron chi connectivity index (χ3n) is 1.84. The molecule has 0 amide bonds. The Bertz CT molecular complexity index is 335. The second-order valence-electron chi connectivity index (χ2n) is 3.10. The smallest absolute Gasteiger partial charge is 0.264 e. The summed E-state index contributed by atoms with van der Waals surface area (Å²) in [6.07, 6.45) is 0. The first-order chi connectivity index (χ1) is 6.32. The second kappa shape index (κ2) is 3.90. The number of halogens is 4. The molecule has 0 bridgehead atoms. The van der Waals surface area contributed by atoms with Crippen molar-refractivity contribution in [1.29, 1.82) is 0 Å². The van der Waals surface area contributed by atoms with E-state index >= 15 is 0 Å². The van der Waals surface area contributed by atoms with Gasteiger partial charge in [0.05, 0.1) is 6.04 Å². The van der Waals surface area contributed by atoms with Crippen LogP contribution in [0.25, 0.3) is 0 Å². The van der Waals surface area contributed by atoms with Gasteiger partial charge in [0, 0.05) is 17.0 Å². The van der Waals surface area contributed by atoms with Gasteiger partial charge < -0.3 is 5.73 Å². The monoisotopic (exact) mass is 267 g/mol. The van der Waals surface area contributed by atoms with Crippen LogP contribution in [0.4, 0.5) is 13.2 Å². The van der Waals surface area contributed by atoms with E-state index in [4.69, 9.17) is 5.73 Å². The molecule has 0 radical (unpaired) electrons. The number of nitrogens with two attached hydrogens (primary N) is 1. The van der Waals surface area contributed by atoms with Crippen molar-refractivity contribution in [3.8, 4) is 0 Å². The molecule has 0 fully saturated rings. The Kier molecular flexibility index (Phi) is 3.21. The van der Waals surface area contributed by atoms with E-state index in [1.165, 1.54) is 12.1 Å². The van der Waals surface area contributed by atoms with E-state index in [1.807, 2.05) is 0 Å². The lowest BCUT2D eigenvalue weighted by molar-refractivity contribution is -0.00725. The Hall–Kier alpha value is -0.550. The third-order valence-corrected chi connectivity index (χ3v) is 2.33. The molecule has 1 atom stereocenters. The molecule has 0 saturated heterocycles. The maximum atomic E-state index is 13.1. The number of hydrogen-bond donors (Lipinski definition) is 1. The summed E-state index contributed by atoms with van der Waals surface area (Å²) in [6.45, 7) is 0.665. The van der Waals surface area contributed by atoms with Crippen molar-refractivity contribution in [2.24, 2.45) is 5.73 Å². The van der Waals surface area contributed by atoms with E-state index in [-0.39, 0.29) is 5.56 Å². The molecule has 0 aliphatic carbocycles. The van der Waals surface area contributed by atoms with Crippen molar-refractivity contribution in [3.63, 3.8) is 0 Å². The summed E-state index contributed by atoms with van der Waals surface area (Å²) in [7, 11) is 0. The van der Waals surface area contributed by atoms with Crippen LogP contribution in [0.15, 0.2) is 22.7 Å². The molecule has 0 spiro atoms. The highest BCUT2D eigenvalue weighted by atomic mass is 79.9. The van der Waals surface area contributed by atoms with Gasteiger partial charge in [-0.2, -0.15) is 0 Å². The minimum Gasteiger partial charge on any atom is -0.319 e. The Morgan fingerprint density at radius 3 is 2.50 bits per heavy atom. The van der Waals surface area contributed by atoms with Crippen LogP contribution in [-0.2, 0) is 0 Å². The average Bonchev–Trinajstić information content (AvgIpc) is 2.06. The standard InChI is InChI=1S/C9H9BrF3N/c1-9(12,13)8(14)6-4-5(10)2-3-7(6)11/h2-4,8H,14H2,1H3. The van der Waals surface area contributed by atoms with Crippen LogP contribution in [0.1, 0.15) is 18.5 Å². The number of alkyl halides is 2. The van der Waals surface area contributed by atoms with Gasteiger partial charge in [0.1, 0.15) is 5.82 Å². The minimum atomic E-state index is -3.14. The lowest BCUT2D eigenvalue weighted by Crippen LogP contribution is -2.30. The maximum absolute atomic E-state index is 13.1. The molecule has 5 heteroatoms. The van der Waals surface area contributed by atoms with Crippen LogP contribution in [-0.4, -0.2) is 5.92 Å². The molecule has 0 saturated carbocycles. The SMILES string of the molecule is CC(F)(F)C(N)c1cc(Br)ccc1F. The van der Waals surface area contributed by atoms with Crippen LogP contribution in [0, 0.1) is 5.82 Å². The zero-order valence-electron chi connectivity index (χ0n) is 7.40. The quantitative estimate of drug-likeness (QED) is 0.875. The van der Waals surface area contributed by atoms with Gasteiger partial charge in [-0.15, -0.1) is 0 Å². The molecule has 0 heterocycles. The summed E-state index contributed by atoms with van der Waals surface area (Å²) in [5.41, 5.74) is 5.04. The van der Waals surface area contributed by atoms with Gasteiger partial charge >= 0.3 is 0 Å². The van der Waals surface area contributed by atoms with Gasteiger partial charge in [0.2, 0.25) is 0 Å². The Balaban J connectivity index is 3.12. The molecule has 0 aromatic heterocycles. The first-order valence-corrected chi connectivity index (χ1v) is 4.70. The molecular formula is C9H9BrF3N. The molecule has 0 aliphatic heterocycles. The van der Waals surface area contributed by atoms with Crippen molar-refractivity contribution in [2.75, 3.05) is 0 Å². The summed E-state index contributed by atoms with van der Waals surface area (Å²) in [5, 5.41) is 0. The number of hydrogen-bond acceptors (Lipinski definition) is 1. The lowest BCUT2D eigenvalue weighted by atomic mass is 10.0. The van der Waals surface area contributed by atoms with Crippen molar-refractivity contribution >= 4 is 15.9 Å². The summed E-state index contributed by atoms with van der Waals surface area (Å²) in [6, 6.07) is 2.17. The molecular weight excluding hydrogens is 259 g/mol. The van der Waals surface area contributed by atoms with E-state index < -0.39 is 17.8 Å². The first kappa shape index (κ1) is 11.5. The summed E-state index contributed by atoms with van der Waals surface area (Å²) in [5.74, 6) is -3.86. The molecule has 1 rings (SSSR count). The van der Waals surface area contributed by atoms with Crippen LogP contribution < -0.4 is 5.73 Å². The van der Waals surface area contributed by atoms with Gasteiger partial charge in [0.25, 0.3) is 5.92 Å². The van der Waals surface area contributed by atoms with Crippen LogP contribution in [0.2, 0.25) is 0 Å². The predicted molar refractivity (Wildman–Crippen MR) is 51.6 cm³/mol. The fourth-order valence-electron chi connectivity index (χ4n) is 1.03. The van der Waals surface area contributed by atoms with E-state index in [9.17, 15) is 13.2 Å². The Morgan fingerprint density at radius 2 is 2.00 bits per heavy atom. The van der Waals surface area contributed by atoms with Crippen LogP contribution >= 0.6 is 15.9 Å². The topological polar surface area (TPSA) is 26.0 Å². The van der Waals surface area contributed by atoms with Crippen molar-refractivity contribution in [2.45, 2.75) is 18.9 Å². The highest BCUT2D eigenvalue weighted by molar-refractivity contribution is 9.10. The van der Waals surface area contributed by atoms with Gasteiger partial charge in [-0.1, -0.05) is 15.9 Å². The highest BCUT2D eigenvalue weighted by Gasteiger charge is 2.33. The fraction of sp³-hybridized carbons (Fsp3) is 0.333. The lowest BCUT2D eigenvalue weighted by Gasteiger charge is -2.20. The minimum absolute atomic E-state index is 0.188. The highest BCUT2D eigenvalue weighted by Crippen LogP contribution is 2.31. The second-order valence-corrected chi connectivity index (χ2v) is 4.02. The van der Waals surface area contributed by atoms with Crippen molar-refractivity contribution in [1.82, 2.24) is 0 Å². The van der Waals surface area contributed by atoms with Gasteiger partial charge in [0.15, 0.2) is 0 Å². The zero-order chi connectivity index (χ0) is 10.9.